The highest BCUT2D eigenvalue weighted by molar-refractivity contribution is 6.35. The van der Waals surface area contributed by atoms with E-state index in [1.54, 1.807) is 36.5 Å². The van der Waals surface area contributed by atoms with Crippen LogP contribution in [0.1, 0.15) is 22.4 Å². The molecule has 4 rings (SSSR count). The van der Waals surface area contributed by atoms with Crippen LogP contribution in [0.4, 0.5) is 4.79 Å². The molecule has 3 aromatic carbocycles. The predicted molar refractivity (Wildman–Crippen MR) is 160 cm³/mol. The average Bonchev–Trinajstić information content (AvgIpc) is 3.49. The van der Waals surface area contributed by atoms with Crippen LogP contribution in [0.3, 0.4) is 0 Å². The second-order valence-corrected chi connectivity index (χ2v) is 10.1. The highest BCUT2D eigenvalue weighted by atomic mass is 35.5. The van der Waals surface area contributed by atoms with Crippen molar-refractivity contribution in [3.63, 3.8) is 0 Å². The number of methoxy groups -OCH3 is 1. The first kappa shape index (κ1) is 30.7. The number of hydrogen-bond acceptors (Lipinski definition) is 7. The minimum Gasteiger partial charge on any atom is -0.493 e. The summed E-state index contributed by atoms with van der Waals surface area (Å²) in [6.45, 7) is 0.187. The Labute approximate surface area is 256 Å². The van der Waals surface area contributed by atoms with E-state index in [4.69, 9.17) is 49.0 Å². The van der Waals surface area contributed by atoms with Crippen molar-refractivity contribution in [2.75, 3.05) is 7.11 Å². The second kappa shape index (κ2) is 15.1. The Morgan fingerprint density at radius 3 is 2.57 bits per heavy atom. The van der Waals surface area contributed by atoms with Gasteiger partial charge in [-0.1, -0.05) is 71.2 Å². The highest BCUT2D eigenvalue weighted by Crippen LogP contribution is 2.37. The van der Waals surface area contributed by atoms with Gasteiger partial charge < -0.3 is 24.5 Å². The second-order valence-electron chi connectivity index (χ2n) is 8.83. The molecule has 1 heterocycles. The van der Waals surface area contributed by atoms with E-state index in [1.807, 2.05) is 30.3 Å². The van der Waals surface area contributed by atoms with Gasteiger partial charge in [-0.3, -0.25) is 4.79 Å². The zero-order chi connectivity index (χ0) is 29.9. The summed E-state index contributed by atoms with van der Waals surface area (Å²) in [4.78, 5) is 32.3. The van der Waals surface area contributed by atoms with Gasteiger partial charge in [0.1, 0.15) is 19.3 Å². The lowest BCUT2D eigenvalue weighted by Crippen LogP contribution is -2.47. The molecule has 0 aliphatic carbocycles. The number of amides is 2. The molecule has 0 saturated carbocycles. The van der Waals surface area contributed by atoms with Crippen molar-refractivity contribution < 1.29 is 23.8 Å². The fourth-order valence-electron chi connectivity index (χ4n) is 3.72. The highest BCUT2D eigenvalue weighted by Gasteiger charge is 2.23. The predicted octanol–water partition coefficient (Wildman–Crippen LogP) is 5.95. The van der Waals surface area contributed by atoms with Crippen molar-refractivity contribution in [1.29, 1.82) is 0 Å². The molecule has 0 saturated heterocycles. The fraction of sp³-hybridized carbons (Fsp3) is 0.172. The van der Waals surface area contributed by atoms with Crippen molar-refractivity contribution in [1.82, 2.24) is 20.7 Å². The molecule has 1 aromatic heterocycles. The minimum absolute atomic E-state index is 0.0538. The van der Waals surface area contributed by atoms with Gasteiger partial charge in [0, 0.05) is 33.9 Å². The number of rotatable bonds is 12. The number of halogens is 3. The number of hydrogen-bond donors (Lipinski definition) is 3. The van der Waals surface area contributed by atoms with Crippen LogP contribution in [0.15, 0.2) is 78.3 Å². The van der Waals surface area contributed by atoms with Gasteiger partial charge in [-0.25, -0.2) is 15.2 Å². The van der Waals surface area contributed by atoms with E-state index >= 15 is 0 Å². The quantitative estimate of drug-likeness (QED) is 0.131. The average molecular weight is 631 g/mol. The van der Waals surface area contributed by atoms with Gasteiger partial charge >= 0.3 is 6.09 Å². The fourth-order valence-corrected chi connectivity index (χ4v) is 4.46. The summed E-state index contributed by atoms with van der Waals surface area (Å²) in [5.74, 6) is 0.0832. The Morgan fingerprint density at radius 1 is 1.05 bits per heavy atom. The molecule has 218 valence electrons. The van der Waals surface area contributed by atoms with Crippen molar-refractivity contribution >= 4 is 53.0 Å². The third-order valence-electron chi connectivity index (χ3n) is 5.83. The van der Waals surface area contributed by atoms with E-state index in [1.165, 1.54) is 19.7 Å². The van der Waals surface area contributed by atoms with Gasteiger partial charge in [-0.2, -0.15) is 5.10 Å². The van der Waals surface area contributed by atoms with Crippen LogP contribution in [0.25, 0.3) is 0 Å². The maximum absolute atomic E-state index is 13.0. The number of carbonyl (C=O) groups excluding carboxylic acids is 2. The number of H-pyrrole nitrogens is 1. The summed E-state index contributed by atoms with van der Waals surface area (Å²) in [6.07, 6.45) is 3.79. The van der Waals surface area contributed by atoms with Crippen molar-refractivity contribution in [2.24, 2.45) is 5.10 Å². The number of hydrazone groups is 1. The van der Waals surface area contributed by atoms with E-state index in [0.29, 0.717) is 32.8 Å². The standard InChI is InChI=1S/C29H26Cl3N5O5/c1-40-26-10-19(9-24(32)27(26)41-16-20-7-8-21(30)11-23(20)31)13-35-37-28(38)25(12-22-14-33-17-34-22)36-29(39)42-15-18-5-3-2-4-6-18/h2-11,13-14,17,25H,12,15-16H2,1H3,(H,33,34)(H,36,39)(H,37,38)/b35-13-/t25-/m0/s1. The third-order valence-corrected chi connectivity index (χ3v) is 6.70. The van der Waals surface area contributed by atoms with Gasteiger partial charge in [0.15, 0.2) is 11.5 Å². The number of aromatic amines is 1. The molecular weight excluding hydrogens is 605 g/mol. The van der Waals surface area contributed by atoms with Gasteiger partial charge in [-0.05, 0) is 35.4 Å². The zero-order valence-corrected chi connectivity index (χ0v) is 24.5. The van der Waals surface area contributed by atoms with Crippen molar-refractivity contribution in [3.05, 3.63) is 111 Å². The minimum atomic E-state index is -1.00. The molecule has 0 spiro atoms. The third kappa shape index (κ3) is 8.87. The van der Waals surface area contributed by atoms with Crippen LogP contribution in [-0.4, -0.2) is 41.3 Å². The zero-order valence-electron chi connectivity index (χ0n) is 22.3. The summed E-state index contributed by atoms with van der Waals surface area (Å²) < 4.78 is 16.6. The van der Waals surface area contributed by atoms with Crippen LogP contribution in [0.2, 0.25) is 15.1 Å². The lowest BCUT2D eigenvalue weighted by molar-refractivity contribution is -0.123. The normalized spacial score (nSPS) is 11.6. The van der Waals surface area contributed by atoms with Crippen LogP contribution in [0, 0.1) is 0 Å². The van der Waals surface area contributed by atoms with Crippen LogP contribution < -0.4 is 20.2 Å². The van der Waals surface area contributed by atoms with Crippen LogP contribution in [-0.2, 0) is 29.2 Å². The Kier molecular flexibility index (Phi) is 11.0. The Balaban J connectivity index is 1.39. The first-order valence-electron chi connectivity index (χ1n) is 12.5. The van der Waals surface area contributed by atoms with Crippen LogP contribution in [0.5, 0.6) is 11.5 Å². The molecule has 0 bridgehead atoms. The van der Waals surface area contributed by atoms with E-state index < -0.39 is 18.0 Å². The Hall–Kier alpha value is -4.25. The molecule has 0 fully saturated rings. The number of aromatic nitrogens is 2. The number of benzene rings is 3. The largest absolute Gasteiger partial charge is 0.493 e. The number of ether oxygens (including phenoxy) is 3. The topological polar surface area (TPSA) is 127 Å². The van der Waals surface area contributed by atoms with Gasteiger partial charge in [0.25, 0.3) is 5.91 Å². The molecule has 0 radical (unpaired) electrons. The first-order valence-corrected chi connectivity index (χ1v) is 13.7. The monoisotopic (exact) mass is 629 g/mol. The molecular formula is C29H26Cl3N5O5. The van der Waals surface area contributed by atoms with Crippen LogP contribution >= 0.6 is 34.8 Å². The van der Waals surface area contributed by atoms with Crippen molar-refractivity contribution in [3.8, 4) is 11.5 Å². The van der Waals surface area contributed by atoms with E-state index in [0.717, 1.165) is 11.1 Å². The van der Waals surface area contributed by atoms with E-state index in [2.05, 4.69) is 25.8 Å². The molecule has 0 aliphatic heterocycles. The Bertz CT molecular complexity index is 1530. The number of carbonyl (C=O) groups is 2. The molecule has 0 aliphatic rings. The summed E-state index contributed by atoms with van der Waals surface area (Å²) in [5.41, 5.74) is 5.12. The molecule has 1 atom stereocenters. The number of alkyl carbamates (subject to hydrolysis) is 1. The van der Waals surface area contributed by atoms with E-state index in [9.17, 15) is 9.59 Å². The summed E-state index contributed by atoms with van der Waals surface area (Å²) >= 11 is 18.7. The molecule has 2 amide bonds. The number of nitrogens with zero attached hydrogens (tertiary/aromatic N) is 2. The van der Waals surface area contributed by atoms with Gasteiger partial charge in [-0.15, -0.1) is 0 Å². The summed E-state index contributed by atoms with van der Waals surface area (Å²) in [6, 6.07) is 16.5. The van der Waals surface area contributed by atoms with Gasteiger partial charge in [0.05, 0.1) is 24.7 Å². The Morgan fingerprint density at radius 2 is 1.86 bits per heavy atom. The number of nitrogens with one attached hydrogen (secondary N) is 3. The molecule has 42 heavy (non-hydrogen) atoms. The molecule has 10 nitrogen and oxygen atoms in total. The lowest BCUT2D eigenvalue weighted by Gasteiger charge is -2.16. The smallest absolute Gasteiger partial charge is 0.408 e. The summed E-state index contributed by atoms with van der Waals surface area (Å²) in [5, 5.41) is 7.83. The maximum atomic E-state index is 13.0. The van der Waals surface area contributed by atoms with Gasteiger partial charge in [0.2, 0.25) is 0 Å². The molecule has 0 unspecified atom stereocenters. The molecule has 4 aromatic rings. The number of imidazole rings is 1. The molecule has 13 heteroatoms. The maximum Gasteiger partial charge on any atom is 0.408 e. The SMILES string of the molecule is COc1cc(/C=N\NC(=O)[C@H](Cc2cnc[nH]2)NC(=O)OCc2ccccc2)cc(Cl)c1OCc1ccc(Cl)cc1Cl. The lowest BCUT2D eigenvalue weighted by atomic mass is 10.1. The summed E-state index contributed by atoms with van der Waals surface area (Å²) in [7, 11) is 1.47. The molecule has 3 N–H and O–H groups in total. The first-order chi connectivity index (χ1) is 20.3. The van der Waals surface area contributed by atoms with E-state index in [-0.39, 0.29) is 24.7 Å². The van der Waals surface area contributed by atoms with Crippen molar-refractivity contribution in [2.45, 2.75) is 25.7 Å².